The first kappa shape index (κ1) is 13.1. The van der Waals surface area contributed by atoms with Crippen molar-refractivity contribution in [3.05, 3.63) is 70.8 Å². The van der Waals surface area contributed by atoms with Crippen LogP contribution in [0.25, 0.3) is 0 Å². The number of hydrogen-bond donors (Lipinski definition) is 0. The molecule has 1 aliphatic carbocycles. The lowest BCUT2D eigenvalue weighted by atomic mass is 9.59. The molecule has 0 spiro atoms. The van der Waals surface area contributed by atoms with E-state index in [9.17, 15) is 0 Å². The van der Waals surface area contributed by atoms with Crippen LogP contribution in [0.4, 0.5) is 0 Å². The van der Waals surface area contributed by atoms with Gasteiger partial charge in [0.15, 0.2) is 0 Å². The van der Waals surface area contributed by atoms with Crippen LogP contribution < -0.4 is 0 Å². The van der Waals surface area contributed by atoms with Crippen molar-refractivity contribution in [1.82, 2.24) is 0 Å². The Bertz CT molecular complexity index is 695. The van der Waals surface area contributed by atoms with Gasteiger partial charge in [0.1, 0.15) is 0 Å². The summed E-state index contributed by atoms with van der Waals surface area (Å²) < 4.78 is 0. The van der Waals surface area contributed by atoms with E-state index >= 15 is 0 Å². The summed E-state index contributed by atoms with van der Waals surface area (Å²) in [4.78, 5) is 0. The molecule has 1 unspecified atom stereocenters. The van der Waals surface area contributed by atoms with E-state index in [1.807, 2.05) is 12.1 Å². The van der Waals surface area contributed by atoms with Crippen LogP contribution in [0, 0.1) is 11.8 Å². The first-order valence-electron chi connectivity index (χ1n) is 7.03. The summed E-state index contributed by atoms with van der Waals surface area (Å²) in [6.45, 7) is 4.21. The molecular weight excluding hydrogens is 239 g/mol. The van der Waals surface area contributed by atoms with Crippen LogP contribution in [0.1, 0.15) is 42.0 Å². The van der Waals surface area contributed by atoms with Gasteiger partial charge in [0.05, 0.1) is 7.85 Å². The summed E-state index contributed by atoms with van der Waals surface area (Å²) >= 11 is 0. The Labute approximate surface area is 122 Å². The lowest BCUT2D eigenvalue weighted by Crippen LogP contribution is -2.20. The van der Waals surface area contributed by atoms with Crippen molar-refractivity contribution in [2.24, 2.45) is 0 Å². The molecule has 0 fully saturated rings. The molecule has 2 radical (unpaired) electrons. The minimum absolute atomic E-state index is 0.273. The molecule has 1 heteroatoms. The maximum atomic E-state index is 6.45. The smallest absolute Gasteiger partial charge is 0.0673 e. The first-order chi connectivity index (χ1) is 9.55. The van der Waals surface area contributed by atoms with E-state index in [0.717, 1.165) is 17.5 Å². The number of benzene rings is 2. The van der Waals surface area contributed by atoms with Crippen molar-refractivity contribution in [2.75, 3.05) is 0 Å². The number of hydrogen-bond acceptors (Lipinski definition) is 0. The summed E-state index contributed by atoms with van der Waals surface area (Å²) in [6, 6.07) is 16.8. The molecule has 0 nitrogen and oxygen atoms in total. The molecule has 2 aromatic rings. The number of fused-ring (bicyclic) bond motifs is 2. The van der Waals surface area contributed by atoms with Crippen molar-refractivity contribution in [1.29, 1.82) is 0 Å². The van der Waals surface area contributed by atoms with Gasteiger partial charge < -0.3 is 0 Å². The molecule has 0 amide bonds. The normalized spacial score (nSPS) is 17.0. The molecular formula is C19H17B. The van der Waals surface area contributed by atoms with Gasteiger partial charge in [-0.05, 0) is 35.6 Å². The molecule has 0 heterocycles. The average molecular weight is 256 g/mol. The monoisotopic (exact) mass is 256 g/mol. The molecule has 1 atom stereocenters. The Balaban J connectivity index is 2.23. The van der Waals surface area contributed by atoms with E-state index in [1.54, 1.807) is 0 Å². The third-order valence-corrected chi connectivity index (χ3v) is 4.01. The third-order valence-electron chi connectivity index (χ3n) is 4.01. The first-order valence-corrected chi connectivity index (χ1v) is 7.03. The van der Waals surface area contributed by atoms with Crippen molar-refractivity contribution in [2.45, 2.75) is 31.5 Å². The zero-order chi connectivity index (χ0) is 14.2. The highest BCUT2D eigenvalue weighted by atomic mass is 14.3. The van der Waals surface area contributed by atoms with Gasteiger partial charge in [-0.3, -0.25) is 0 Å². The molecule has 20 heavy (non-hydrogen) atoms. The Morgan fingerprint density at radius 1 is 0.950 bits per heavy atom. The largest absolute Gasteiger partial charge is 0.0747 e. The van der Waals surface area contributed by atoms with Crippen molar-refractivity contribution < 1.29 is 0 Å². The third kappa shape index (κ3) is 2.39. The van der Waals surface area contributed by atoms with Gasteiger partial charge in [-0.25, -0.2) is 0 Å². The maximum absolute atomic E-state index is 6.45. The topological polar surface area (TPSA) is 0 Å². The predicted molar refractivity (Wildman–Crippen MR) is 85.1 cm³/mol. The van der Waals surface area contributed by atoms with Crippen LogP contribution in [-0.2, 0) is 6.42 Å². The molecule has 0 N–H and O–H groups in total. The Morgan fingerprint density at radius 2 is 1.55 bits per heavy atom. The van der Waals surface area contributed by atoms with Crippen LogP contribution in [0.5, 0.6) is 0 Å². The average Bonchev–Trinajstić information content (AvgIpc) is 2.40. The highest BCUT2D eigenvalue weighted by Gasteiger charge is 2.28. The van der Waals surface area contributed by atoms with Crippen molar-refractivity contribution >= 4 is 7.85 Å². The summed E-state index contributed by atoms with van der Waals surface area (Å²) in [5, 5.41) is -0.276. The van der Waals surface area contributed by atoms with E-state index in [0.29, 0.717) is 0 Å². The molecule has 0 aliphatic heterocycles. The van der Waals surface area contributed by atoms with E-state index in [2.05, 4.69) is 62.1 Å². The lowest BCUT2D eigenvalue weighted by molar-refractivity contribution is 0.516. The highest BCUT2D eigenvalue weighted by Crippen LogP contribution is 2.43. The summed E-state index contributed by atoms with van der Waals surface area (Å²) in [5.41, 5.74) is 4.78. The van der Waals surface area contributed by atoms with Gasteiger partial charge in [0, 0.05) is 11.1 Å². The predicted octanol–water partition coefficient (Wildman–Crippen LogP) is 4.09. The molecule has 0 saturated carbocycles. The van der Waals surface area contributed by atoms with E-state index in [-0.39, 0.29) is 11.2 Å². The van der Waals surface area contributed by atoms with Crippen molar-refractivity contribution in [3.63, 3.8) is 0 Å². The summed E-state index contributed by atoms with van der Waals surface area (Å²) in [5.74, 6) is 6.89. The second-order valence-corrected chi connectivity index (χ2v) is 6.07. The van der Waals surface area contributed by atoms with Crippen LogP contribution in [-0.4, -0.2) is 7.85 Å². The fourth-order valence-corrected chi connectivity index (χ4v) is 2.86. The van der Waals surface area contributed by atoms with Crippen LogP contribution in [0.15, 0.2) is 48.5 Å². The lowest BCUT2D eigenvalue weighted by Gasteiger charge is -2.33. The molecule has 0 saturated heterocycles. The Kier molecular flexibility index (Phi) is 3.18. The molecule has 1 aliphatic rings. The van der Waals surface area contributed by atoms with Gasteiger partial charge in [0.2, 0.25) is 0 Å². The highest BCUT2D eigenvalue weighted by molar-refractivity contribution is 6.15. The van der Waals surface area contributed by atoms with Gasteiger partial charge >= 0.3 is 0 Å². The van der Waals surface area contributed by atoms with Crippen LogP contribution >= 0.6 is 0 Å². The molecule has 0 aromatic heterocycles. The van der Waals surface area contributed by atoms with E-state index in [1.165, 1.54) is 11.1 Å². The maximum Gasteiger partial charge on any atom is 0.0747 e. The second-order valence-electron chi connectivity index (χ2n) is 6.07. The summed E-state index contributed by atoms with van der Waals surface area (Å²) in [7, 11) is 6.45. The SMILES string of the molecule is [B]C(C)(C)C1Cc2ccccc2C#Cc2ccccc21. The van der Waals surface area contributed by atoms with Gasteiger partial charge in [-0.2, -0.15) is 0 Å². The van der Waals surface area contributed by atoms with E-state index < -0.39 is 0 Å². The fraction of sp³-hybridized carbons (Fsp3) is 0.263. The van der Waals surface area contributed by atoms with Crippen molar-refractivity contribution in [3.8, 4) is 11.8 Å². The standard InChI is InChI=1S/C19H17B/c1-19(2,20)18-13-16-9-4-3-7-14(16)11-12-15-8-5-6-10-17(15)18/h3-10,18H,13H2,1-2H3. The molecule has 3 rings (SSSR count). The zero-order valence-corrected chi connectivity index (χ0v) is 12.0. The van der Waals surface area contributed by atoms with Crippen LogP contribution in [0.3, 0.4) is 0 Å². The minimum atomic E-state index is -0.276. The zero-order valence-electron chi connectivity index (χ0n) is 12.0. The second kappa shape index (κ2) is 4.87. The fourth-order valence-electron chi connectivity index (χ4n) is 2.86. The Hall–Kier alpha value is -1.94. The quantitative estimate of drug-likeness (QED) is 0.532. The minimum Gasteiger partial charge on any atom is -0.0673 e. The van der Waals surface area contributed by atoms with Gasteiger partial charge in [0.25, 0.3) is 0 Å². The number of rotatable bonds is 1. The summed E-state index contributed by atoms with van der Waals surface area (Å²) in [6.07, 6.45) is 0.936. The van der Waals surface area contributed by atoms with E-state index in [4.69, 9.17) is 7.85 Å². The Morgan fingerprint density at radius 3 is 2.30 bits per heavy atom. The molecule has 96 valence electrons. The molecule has 2 aromatic carbocycles. The van der Waals surface area contributed by atoms with Gasteiger partial charge in [-0.15, -0.1) is 0 Å². The van der Waals surface area contributed by atoms with Crippen LogP contribution in [0.2, 0.25) is 5.31 Å². The molecule has 0 bridgehead atoms. The van der Waals surface area contributed by atoms with Gasteiger partial charge in [-0.1, -0.05) is 67.4 Å².